The highest BCUT2D eigenvalue weighted by Gasteiger charge is 2.46. The summed E-state index contributed by atoms with van der Waals surface area (Å²) in [5, 5.41) is 9.60. The van der Waals surface area contributed by atoms with Crippen LogP contribution in [0.25, 0.3) is 0 Å². The van der Waals surface area contributed by atoms with Gasteiger partial charge in [0.25, 0.3) is 0 Å². The summed E-state index contributed by atoms with van der Waals surface area (Å²) in [4.78, 5) is 6.67. The van der Waals surface area contributed by atoms with Crippen LogP contribution in [-0.2, 0) is 14.0 Å². The van der Waals surface area contributed by atoms with Gasteiger partial charge in [-0.05, 0) is 53.0 Å². The number of hydrogen-bond acceptors (Lipinski definition) is 6. The van der Waals surface area contributed by atoms with Crippen molar-refractivity contribution in [1.82, 2.24) is 4.98 Å². The van der Waals surface area contributed by atoms with Gasteiger partial charge in [0.05, 0.1) is 36.5 Å². The highest BCUT2D eigenvalue weighted by molar-refractivity contribution is 6.62. The maximum absolute atomic E-state index is 9.60. The van der Waals surface area contributed by atoms with Crippen LogP contribution in [0.5, 0.6) is 0 Å². The first-order valence-corrected chi connectivity index (χ1v) is 9.46. The van der Waals surface area contributed by atoms with E-state index in [9.17, 15) is 5.26 Å². The fourth-order valence-corrected chi connectivity index (χ4v) is 3.71. The smallest absolute Gasteiger partial charge is 0.402 e. The summed E-state index contributed by atoms with van der Waals surface area (Å²) in [6.45, 7) is 9.69. The molecule has 3 aliphatic rings. The number of nitrogens with zero attached hydrogens (tertiary/aromatic N) is 3. The molecule has 1 atom stereocenters. The topological polar surface area (TPSA) is 67.6 Å². The number of hydrogen-bond donors (Lipinski definition) is 0. The Balaban J connectivity index is 1.46. The van der Waals surface area contributed by atoms with E-state index in [4.69, 9.17) is 14.0 Å². The van der Waals surface area contributed by atoms with E-state index in [-0.39, 0.29) is 17.3 Å². The third-order valence-corrected chi connectivity index (χ3v) is 5.85. The van der Waals surface area contributed by atoms with Gasteiger partial charge in [0.1, 0.15) is 17.5 Å². The molecule has 3 heterocycles. The van der Waals surface area contributed by atoms with Crippen LogP contribution >= 0.6 is 0 Å². The van der Waals surface area contributed by atoms with E-state index in [0.29, 0.717) is 11.7 Å². The van der Waals surface area contributed by atoms with Crippen molar-refractivity contribution in [3.63, 3.8) is 0 Å². The molecule has 0 N–H and O–H groups in total. The van der Waals surface area contributed by atoms with Crippen LogP contribution in [0.2, 0.25) is 0 Å². The second kappa shape index (κ2) is 6.23. The second-order valence-corrected chi connectivity index (χ2v) is 8.56. The lowest BCUT2D eigenvalue weighted by atomic mass is 9.79. The Kier molecular flexibility index (Phi) is 4.26. The van der Waals surface area contributed by atoms with Gasteiger partial charge in [-0.15, -0.1) is 0 Å². The van der Waals surface area contributed by atoms with Crippen LogP contribution in [0, 0.1) is 11.3 Å². The van der Waals surface area contributed by atoms with Crippen molar-refractivity contribution in [2.75, 3.05) is 18.0 Å². The van der Waals surface area contributed by atoms with E-state index in [0.717, 1.165) is 24.4 Å². The highest BCUT2D eigenvalue weighted by atomic mass is 16.7. The van der Waals surface area contributed by atoms with Gasteiger partial charge in [-0.2, -0.15) is 5.26 Å². The van der Waals surface area contributed by atoms with Crippen molar-refractivity contribution in [1.29, 1.82) is 5.26 Å². The first-order valence-electron chi connectivity index (χ1n) is 9.46. The highest BCUT2D eigenvalue weighted by Crippen LogP contribution is 2.35. The molecular weight excluding hydrogens is 329 g/mol. The van der Waals surface area contributed by atoms with Gasteiger partial charge in [0, 0.05) is 11.7 Å². The van der Waals surface area contributed by atoms with Crippen molar-refractivity contribution < 1.29 is 14.0 Å². The van der Waals surface area contributed by atoms with Gasteiger partial charge < -0.3 is 18.9 Å². The fraction of sp³-hybridized carbons (Fsp3) is 0.684. The van der Waals surface area contributed by atoms with Crippen LogP contribution < -0.4 is 10.4 Å². The zero-order valence-electron chi connectivity index (χ0n) is 16.0. The number of aromatic nitrogens is 1. The van der Waals surface area contributed by atoms with Crippen LogP contribution in [0.3, 0.4) is 0 Å². The summed E-state index contributed by atoms with van der Waals surface area (Å²) in [6.07, 6.45) is 5.77. The average molecular weight is 355 g/mol. The average Bonchev–Trinajstić information content (AvgIpc) is 2.81. The van der Waals surface area contributed by atoms with Gasteiger partial charge >= 0.3 is 7.12 Å². The summed E-state index contributed by atoms with van der Waals surface area (Å²) < 4.78 is 18.1. The lowest BCUT2D eigenvalue weighted by molar-refractivity contribution is -0.124. The molecular formula is C19H26BN3O3. The van der Waals surface area contributed by atoms with Gasteiger partial charge in [-0.25, -0.2) is 4.98 Å². The maximum atomic E-state index is 9.60. The van der Waals surface area contributed by atoms with E-state index in [1.165, 1.54) is 19.3 Å². The van der Waals surface area contributed by atoms with Crippen molar-refractivity contribution in [3.05, 3.63) is 17.8 Å². The summed E-state index contributed by atoms with van der Waals surface area (Å²) in [6, 6.07) is 4.11. The molecule has 1 aromatic heterocycles. The Morgan fingerprint density at radius 3 is 2.62 bits per heavy atom. The molecule has 0 spiro atoms. The molecule has 3 fully saturated rings. The van der Waals surface area contributed by atoms with Crippen molar-refractivity contribution in [2.24, 2.45) is 0 Å². The number of ether oxygens (including phenoxy) is 1. The molecule has 1 unspecified atom stereocenters. The Morgan fingerprint density at radius 2 is 2.08 bits per heavy atom. The first-order chi connectivity index (χ1) is 12.3. The van der Waals surface area contributed by atoms with Crippen LogP contribution in [0.4, 0.5) is 5.82 Å². The monoisotopic (exact) mass is 355 g/mol. The second-order valence-electron chi connectivity index (χ2n) is 8.56. The van der Waals surface area contributed by atoms with Crippen molar-refractivity contribution in [2.45, 2.75) is 70.4 Å². The molecule has 138 valence electrons. The molecule has 2 aliphatic heterocycles. The van der Waals surface area contributed by atoms with Gasteiger partial charge in [0.2, 0.25) is 0 Å². The zero-order chi connectivity index (χ0) is 18.5. The molecule has 0 aromatic carbocycles. The fourth-order valence-electron chi connectivity index (χ4n) is 3.71. The molecule has 0 bridgehead atoms. The largest absolute Gasteiger partial charge is 0.496 e. The maximum Gasteiger partial charge on any atom is 0.496 e. The molecule has 1 aliphatic carbocycles. The quantitative estimate of drug-likeness (QED) is 0.770. The zero-order valence-corrected chi connectivity index (χ0v) is 16.0. The molecule has 0 amide bonds. The van der Waals surface area contributed by atoms with Crippen LogP contribution in [0.1, 0.15) is 52.5 Å². The summed E-state index contributed by atoms with van der Waals surface area (Å²) in [5.74, 6) is 0.719. The number of nitriles is 1. The molecule has 1 aromatic rings. The molecule has 4 rings (SSSR count). The number of pyridine rings is 1. The summed E-state index contributed by atoms with van der Waals surface area (Å²) in [5.41, 5.74) is 0.860. The minimum atomic E-state index is -0.475. The van der Waals surface area contributed by atoms with Crippen molar-refractivity contribution in [3.8, 4) is 6.07 Å². The van der Waals surface area contributed by atoms with Crippen LogP contribution in [-0.4, -0.2) is 48.6 Å². The van der Waals surface area contributed by atoms with E-state index in [2.05, 4.69) is 22.9 Å². The lowest BCUT2D eigenvalue weighted by Gasteiger charge is -2.51. The Hall–Kier alpha value is -1.62. The van der Waals surface area contributed by atoms with Gasteiger partial charge in [-0.3, -0.25) is 0 Å². The SMILES string of the molecule is CC1OB(c2cnc(N3CC(C)(OC4CCC4)C3)c(C#N)c2)OC1(C)C. The Morgan fingerprint density at radius 1 is 1.35 bits per heavy atom. The third kappa shape index (κ3) is 3.11. The Labute approximate surface area is 155 Å². The predicted molar refractivity (Wildman–Crippen MR) is 99.4 cm³/mol. The van der Waals surface area contributed by atoms with Crippen LogP contribution in [0.15, 0.2) is 12.3 Å². The van der Waals surface area contributed by atoms with Gasteiger partial charge in [-0.1, -0.05) is 0 Å². The number of anilines is 1. The standard InChI is InChI=1S/C19H26BN3O3/c1-13-18(2,3)26-20(25-13)15-8-14(9-21)17(22-10-15)23-11-19(4,12-23)24-16-6-5-7-16/h8,10,13,16H,5-7,11-12H2,1-4H3. The molecule has 0 radical (unpaired) electrons. The predicted octanol–water partition coefficient (Wildman–Crippen LogP) is 2.01. The van der Waals surface area contributed by atoms with E-state index < -0.39 is 7.12 Å². The summed E-state index contributed by atoms with van der Waals surface area (Å²) in [7, 11) is -0.475. The van der Waals surface area contributed by atoms with Crippen molar-refractivity contribution >= 4 is 18.4 Å². The minimum absolute atomic E-state index is 0.0162. The summed E-state index contributed by atoms with van der Waals surface area (Å²) >= 11 is 0. The lowest BCUT2D eigenvalue weighted by Crippen LogP contribution is -2.63. The third-order valence-electron chi connectivity index (χ3n) is 5.85. The molecule has 1 saturated carbocycles. The van der Waals surface area contributed by atoms with E-state index in [1.54, 1.807) is 6.20 Å². The van der Waals surface area contributed by atoms with Gasteiger partial charge in [0.15, 0.2) is 0 Å². The number of rotatable bonds is 4. The first kappa shape index (κ1) is 17.8. The molecule has 26 heavy (non-hydrogen) atoms. The molecule has 6 nitrogen and oxygen atoms in total. The molecule has 2 saturated heterocycles. The normalized spacial score (nSPS) is 27.0. The minimum Gasteiger partial charge on any atom is -0.402 e. The van der Waals surface area contributed by atoms with E-state index >= 15 is 0 Å². The van der Waals surface area contributed by atoms with E-state index in [1.807, 2.05) is 26.8 Å². The molecule has 7 heteroatoms. The Bertz CT molecular complexity index is 738.